The number of ether oxygens (including phenoxy) is 1. The van der Waals surface area contributed by atoms with E-state index in [9.17, 15) is 9.90 Å². The Morgan fingerprint density at radius 2 is 1.90 bits per heavy atom. The Bertz CT molecular complexity index is 830. The maximum absolute atomic E-state index is 12.3. The zero-order valence-electron chi connectivity index (χ0n) is 11.1. The zero-order valence-corrected chi connectivity index (χ0v) is 11.1. The summed E-state index contributed by atoms with van der Waals surface area (Å²) in [5.74, 6) is 0.794. The van der Waals surface area contributed by atoms with Gasteiger partial charge in [0.25, 0.3) is 0 Å². The van der Waals surface area contributed by atoms with Crippen molar-refractivity contribution < 1.29 is 19.1 Å². The zero-order chi connectivity index (χ0) is 14.4. The van der Waals surface area contributed by atoms with Crippen LogP contribution in [-0.2, 0) is 0 Å². The van der Waals surface area contributed by atoms with E-state index in [1.807, 2.05) is 12.1 Å². The molecule has 4 rings (SSSR count). The van der Waals surface area contributed by atoms with Gasteiger partial charge in [-0.15, -0.1) is 0 Å². The van der Waals surface area contributed by atoms with Crippen molar-refractivity contribution in [2.75, 3.05) is 0 Å². The number of carbonyl (C=O) groups is 1. The van der Waals surface area contributed by atoms with E-state index in [2.05, 4.69) is 0 Å². The summed E-state index contributed by atoms with van der Waals surface area (Å²) in [4.78, 5) is 12.3. The Balaban J connectivity index is 1.76. The van der Waals surface area contributed by atoms with Gasteiger partial charge in [-0.2, -0.15) is 0 Å². The second kappa shape index (κ2) is 4.38. The number of furan rings is 1. The van der Waals surface area contributed by atoms with Crippen LogP contribution in [0.3, 0.4) is 0 Å². The lowest BCUT2D eigenvalue weighted by Gasteiger charge is -2.25. The van der Waals surface area contributed by atoms with Crippen LogP contribution in [0.2, 0.25) is 0 Å². The van der Waals surface area contributed by atoms with E-state index < -0.39 is 0 Å². The minimum absolute atomic E-state index is 0.0532. The van der Waals surface area contributed by atoms with Gasteiger partial charge in [-0.05, 0) is 29.8 Å². The fourth-order valence-electron chi connectivity index (χ4n) is 2.65. The molecule has 2 aromatic carbocycles. The second-order valence-corrected chi connectivity index (χ2v) is 5.13. The van der Waals surface area contributed by atoms with Crippen molar-refractivity contribution in [3.05, 3.63) is 59.9 Å². The van der Waals surface area contributed by atoms with Crippen LogP contribution in [0.1, 0.15) is 28.4 Å². The third-order valence-corrected chi connectivity index (χ3v) is 3.76. The molecule has 4 nitrogen and oxygen atoms in total. The van der Waals surface area contributed by atoms with Crippen molar-refractivity contribution >= 4 is 16.8 Å². The molecule has 1 atom stereocenters. The maximum atomic E-state index is 12.3. The van der Waals surface area contributed by atoms with Crippen LogP contribution < -0.4 is 4.74 Å². The largest absolute Gasteiger partial charge is 0.508 e. The van der Waals surface area contributed by atoms with Crippen LogP contribution in [-0.4, -0.2) is 10.9 Å². The van der Waals surface area contributed by atoms with Gasteiger partial charge in [0.15, 0.2) is 5.78 Å². The molecule has 2 heterocycles. The van der Waals surface area contributed by atoms with Crippen LogP contribution in [0.5, 0.6) is 11.5 Å². The number of Topliss-reactive ketones (excluding diaryl/α,β-unsaturated/α-hetero) is 1. The average molecular weight is 280 g/mol. The van der Waals surface area contributed by atoms with Gasteiger partial charge in [-0.3, -0.25) is 4.79 Å². The van der Waals surface area contributed by atoms with Gasteiger partial charge in [0.1, 0.15) is 23.2 Å². The molecule has 0 unspecified atom stereocenters. The molecular weight excluding hydrogens is 268 g/mol. The first-order valence-corrected chi connectivity index (χ1v) is 6.71. The molecular formula is C17H12O4. The molecule has 0 aliphatic carbocycles. The van der Waals surface area contributed by atoms with Crippen LogP contribution in [0, 0.1) is 0 Å². The molecule has 0 fully saturated rings. The lowest BCUT2D eigenvalue weighted by molar-refractivity contribution is 0.0850. The van der Waals surface area contributed by atoms with E-state index in [4.69, 9.17) is 9.15 Å². The summed E-state index contributed by atoms with van der Waals surface area (Å²) < 4.78 is 11.3. The number of rotatable bonds is 1. The number of aromatic hydroxyl groups is 1. The predicted octanol–water partition coefficient (Wildman–Crippen LogP) is 3.84. The van der Waals surface area contributed by atoms with Crippen molar-refractivity contribution in [2.24, 2.45) is 0 Å². The first-order valence-electron chi connectivity index (χ1n) is 6.71. The van der Waals surface area contributed by atoms with Crippen LogP contribution in [0.4, 0.5) is 0 Å². The van der Waals surface area contributed by atoms with Gasteiger partial charge < -0.3 is 14.3 Å². The van der Waals surface area contributed by atoms with Gasteiger partial charge in [-0.25, -0.2) is 0 Å². The third-order valence-electron chi connectivity index (χ3n) is 3.76. The molecule has 0 saturated carbocycles. The SMILES string of the molecule is O=C1C[C@H](c2ccc(O)cc2)Oc2cc3occc3cc21. The van der Waals surface area contributed by atoms with Gasteiger partial charge in [0.05, 0.1) is 18.2 Å². The van der Waals surface area contributed by atoms with Crippen molar-refractivity contribution in [3.63, 3.8) is 0 Å². The molecule has 1 aromatic heterocycles. The number of carbonyl (C=O) groups excluding carboxylic acids is 1. The minimum atomic E-state index is -0.335. The highest BCUT2D eigenvalue weighted by molar-refractivity contribution is 6.03. The Labute approximate surface area is 120 Å². The van der Waals surface area contributed by atoms with Gasteiger partial charge in [0, 0.05) is 11.5 Å². The van der Waals surface area contributed by atoms with Crippen molar-refractivity contribution in [1.82, 2.24) is 0 Å². The van der Waals surface area contributed by atoms with Crippen LogP contribution in [0.25, 0.3) is 11.0 Å². The number of phenols is 1. The summed E-state index contributed by atoms with van der Waals surface area (Å²) in [6, 6.07) is 12.1. The lowest BCUT2D eigenvalue weighted by Crippen LogP contribution is -2.20. The number of fused-ring (bicyclic) bond motifs is 2. The molecule has 0 amide bonds. The van der Waals surface area contributed by atoms with E-state index in [0.29, 0.717) is 23.3 Å². The standard InChI is InChI=1S/C17H12O4/c18-12-3-1-10(2-4-12)16-8-14(19)13-7-11-5-6-20-15(11)9-17(13)21-16/h1-7,9,16,18H,8H2/t16-/m1/s1. The predicted molar refractivity (Wildman–Crippen MR) is 76.6 cm³/mol. The van der Waals surface area contributed by atoms with Crippen LogP contribution >= 0.6 is 0 Å². The van der Waals surface area contributed by atoms with E-state index in [0.717, 1.165) is 10.9 Å². The Morgan fingerprint density at radius 1 is 1.10 bits per heavy atom. The topological polar surface area (TPSA) is 59.7 Å². The number of hydrogen-bond acceptors (Lipinski definition) is 4. The Kier molecular flexibility index (Phi) is 2.51. The molecule has 1 aliphatic rings. The summed E-state index contributed by atoms with van der Waals surface area (Å²) in [5.41, 5.74) is 2.16. The summed E-state index contributed by atoms with van der Waals surface area (Å²) in [6.07, 6.45) is 1.55. The normalized spacial score (nSPS) is 17.5. The van der Waals surface area contributed by atoms with Gasteiger partial charge in [-0.1, -0.05) is 12.1 Å². The van der Waals surface area contributed by atoms with E-state index >= 15 is 0 Å². The van der Waals surface area contributed by atoms with Crippen LogP contribution in [0.15, 0.2) is 53.1 Å². The summed E-state index contributed by atoms with van der Waals surface area (Å²) in [5, 5.41) is 10.2. The highest BCUT2D eigenvalue weighted by atomic mass is 16.5. The van der Waals surface area contributed by atoms with Gasteiger partial charge in [0.2, 0.25) is 0 Å². The highest BCUT2D eigenvalue weighted by Crippen LogP contribution is 2.37. The number of phenolic OH excluding ortho intramolecular Hbond substituents is 1. The molecule has 4 heteroatoms. The van der Waals surface area contributed by atoms with Crippen molar-refractivity contribution in [1.29, 1.82) is 0 Å². The molecule has 0 bridgehead atoms. The molecule has 0 spiro atoms. The van der Waals surface area contributed by atoms with E-state index in [1.165, 1.54) is 0 Å². The first kappa shape index (κ1) is 12.0. The van der Waals surface area contributed by atoms with E-state index in [1.54, 1.807) is 36.6 Å². The smallest absolute Gasteiger partial charge is 0.170 e. The monoisotopic (exact) mass is 280 g/mol. The summed E-state index contributed by atoms with van der Waals surface area (Å²) in [7, 11) is 0. The number of ketones is 1. The first-order chi connectivity index (χ1) is 10.2. The Hall–Kier alpha value is -2.75. The average Bonchev–Trinajstić information content (AvgIpc) is 2.93. The lowest BCUT2D eigenvalue weighted by atomic mass is 9.95. The number of hydrogen-bond donors (Lipinski definition) is 1. The second-order valence-electron chi connectivity index (χ2n) is 5.13. The summed E-state index contributed by atoms with van der Waals surface area (Å²) >= 11 is 0. The molecule has 21 heavy (non-hydrogen) atoms. The molecule has 0 radical (unpaired) electrons. The number of benzene rings is 2. The maximum Gasteiger partial charge on any atom is 0.170 e. The molecule has 0 saturated heterocycles. The van der Waals surface area contributed by atoms with Crippen molar-refractivity contribution in [3.8, 4) is 11.5 Å². The van der Waals surface area contributed by atoms with E-state index in [-0.39, 0.29) is 17.6 Å². The molecule has 104 valence electrons. The highest BCUT2D eigenvalue weighted by Gasteiger charge is 2.28. The van der Waals surface area contributed by atoms with Crippen molar-refractivity contribution in [2.45, 2.75) is 12.5 Å². The quantitative estimate of drug-likeness (QED) is 0.735. The third kappa shape index (κ3) is 1.96. The molecule has 1 N–H and O–H groups in total. The molecule has 1 aliphatic heterocycles. The Morgan fingerprint density at radius 3 is 2.71 bits per heavy atom. The fraction of sp³-hybridized carbons (Fsp3) is 0.118. The minimum Gasteiger partial charge on any atom is -0.508 e. The summed E-state index contributed by atoms with van der Waals surface area (Å²) in [6.45, 7) is 0. The fourth-order valence-corrected chi connectivity index (χ4v) is 2.65. The molecule has 3 aromatic rings. The van der Waals surface area contributed by atoms with Gasteiger partial charge >= 0.3 is 0 Å².